The normalized spacial score (nSPS) is 24.4. The summed E-state index contributed by atoms with van der Waals surface area (Å²) in [5.74, 6) is 0.863. The van der Waals surface area contributed by atoms with Crippen LogP contribution in [0.4, 0.5) is 0 Å². The van der Waals surface area contributed by atoms with Gasteiger partial charge in [-0.2, -0.15) is 0 Å². The summed E-state index contributed by atoms with van der Waals surface area (Å²) >= 11 is 0. The molecule has 0 bridgehead atoms. The first-order valence-corrected chi connectivity index (χ1v) is 6.17. The van der Waals surface area contributed by atoms with Gasteiger partial charge in [-0.15, -0.1) is 12.4 Å². The second-order valence-corrected chi connectivity index (χ2v) is 5.02. The Bertz CT molecular complexity index is 397. The topological polar surface area (TPSA) is 32.7 Å². The van der Waals surface area contributed by atoms with Crippen LogP contribution < -0.4 is 4.74 Å². The van der Waals surface area contributed by atoms with Crippen LogP contribution in [0.2, 0.25) is 0 Å². The van der Waals surface area contributed by atoms with Crippen LogP contribution >= 0.6 is 12.4 Å². The quantitative estimate of drug-likeness (QED) is 0.895. The maximum atomic E-state index is 9.96. The fraction of sp³-hybridized carbons (Fsp3) is 0.571. The van der Waals surface area contributed by atoms with Crippen LogP contribution in [-0.2, 0) is 0 Å². The highest BCUT2D eigenvalue weighted by atomic mass is 35.5. The van der Waals surface area contributed by atoms with Gasteiger partial charge in [0.15, 0.2) is 0 Å². The monoisotopic (exact) mass is 271 g/mol. The summed E-state index contributed by atoms with van der Waals surface area (Å²) in [7, 11) is 2.02. The SMILES string of the molecule is Cc1ccc(O[C@@H]2CCN(C)C[C@H]2O)cc1C.Cl. The summed E-state index contributed by atoms with van der Waals surface area (Å²) in [5.41, 5.74) is 2.49. The molecule has 18 heavy (non-hydrogen) atoms. The number of rotatable bonds is 2. The fourth-order valence-electron chi connectivity index (χ4n) is 2.17. The molecule has 0 aromatic heterocycles. The minimum atomic E-state index is -0.393. The summed E-state index contributed by atoms with van der Waals surface area (Å²) in [6.45, 7) is 5.83. The molecule has 1 aliphatic rings. The van der Waals surface area contributed by atoms with E-state index in [4.69, 9.17) is 4.74 Å². The van der Waals surface area contributed by atoms with Crippen LogP contribution in [-0.4, -0.2) is 42.4 Å². The molecule has 1 aromatic rings. The van der Waals surface area contributed by atoms with Crippen molar-refractivity contribution in [2.45, 2.75) is 32.5 Å². The van der Waals surface area contributed by atoms with Crippen LogP contribution in [0, 0.1) is 13.8 Å². The van der Waals surface area contributed by atoms with E-state index in [-0.39, 0.29) is 18.5 Å². The van der Waals surface area contributed by atoms with Crippen molar-refractivity contribution in [3.63, 3.8) is 0 Å². The number of likely N-dealkylation sites (tertiary alicyclic amines) is 1. The summed E-state index contributed by atoms with van der Waals surface area (Å²) in [5, 5.41) is 9.96. The molecule has 0 saturated carbocycles. The predicted octanol–water partition coefficient (Wildman–Crippen LogP) is 2.17. The van der Waals surface area contributed by atoms with Gasteiger partial charge in [0.25, 0.3) is 0 Å². The van der Waals surface area contributed by atoms with Gasteiger partial charge >= 0.3 is 0 Å². The van der Waals surface area contributed by atoms with Crippen molar-refractivity contribution in [1.29, 1.82) is 0 Å². The molecule has 0 radical (unpaired) electrons. The molecule has 1 heterocycles. The van der Waals surface area contributed by atoms with E-state index in [1.54, 1.807) is 0 Å². The van der Waals surface area contributed by atoms with E-state index in [1.807, 2.05) is 19.2 Å². The number of ether oxygens (including phenoxy) is 1. The molecule has 102 valence electrons. The zero-order valence-corrected chi connectivity index (χ0v) is 12.0. The van der Waals surface area contributed by atoms with Crippen molar-refractivity contribution in [3.8, 4) is 5.75 Å². The van der Waals surface area contributed by atoms with Gasteiger partial charge in [-0.25, -0.2) is 0 Å². The number of aliphatic hydroxyl groups excluding tert-OH is 1. The van der Waals surface area contributed by atoms with Crippen molar-refractivity contribution < 1.29 is 9.84 Å². The Kier molecular flexibility index (Phi) is 5.45. The molecule has 1 fully saturated rings. The Morgan fingerprint density at radius 1 is 1.28 bits per heavy atom. The smallest absolute Gasteiger partial charge is 0.127 e. The third-order valence-electron chi connectivity index (χ3n) is 3.49. The Morgan fingerprint density at radius 2 is 2.00 bits per heavy atom. The van der Waals surface area contributed by atoms with E-state index >= 15 is 0 Å². The number of hydrogen-bond donors (Lipinski definition) is 1. The number of likely N-dealkylation sites (N-methyl/N-ethyl adjacent to an activating group) is 1. The van der Waals surface area contributed by atoms with Crippen molar-refractivity contribution in [3.05, 3.63) is 29.3 Å². The number of β-amino-alcohol motifs (C(OH)–C–C–N with tert-alkyl or cyclic N) is 1. The third-order valence-corrected chi connectivity index (χ3v) is 3.49. The molecule has 2 rings (SSSR count). The van der Waals surface area contributed by atoms with Crippen LogP contribution in [0.3, 0.4) is 0 Å². The average Bonchev–Trinajstić information content (AvgIpc) is 2.27. The first kappa shape index (κ1) is 15.3. The first-order valence-electron chi connectivity index (χ1n) is 6.17. The Labute approximate surface area is 115 Å². The molecule has 1 aliphatic heterocycles. The van der Waals surface area contributed by atoms with Crippen molar-refractivity contribution >= 4 is 12.4 Å². The molecular formula is C14H22ClNO2. The fourth-order valence-corrected chi connectivity index (χ4v) is 2.17. The van der Waals surface area contributed by atoms with Gasteiger partial charge in [-0.1, -0.05) is 6.07 Å². The summed E-state index contributed by atoms with van der Waals surface area (Å²) in [6.07, 6.45) is 0.411. The molecule has 1 aromatic carbocycles. The maximum absolute atomic E-state index is 9.96. The third kappa shape index (κ3) is 3.61. The van der Waals surface area contributed by atoms with Gasteiger partial charge in [0.1, 0.15) is 18.0 Å². The van der Waals surface area contributed by atoms with Crippen LogP contribution in [0.25, 0.3) is 0 Å². The lowest BCUT2D eigenvalue weighted by molar-refractivity contribution is -0.0182. The van der Waals surface area contributed by atoms with E-state index in [9.17, 15) is 5.11 Å². The van der Waals surface area contributed by atoms with Crippen molar-refractivity contribution in [2.24, 2.45) is 0 Å². The van der Waals surface area contributed by atoms with Gasteiger partial charge in [-0.05, 0) is 50.6 Å². The number of nitrogens with zero attached hydrogens (tertiary/aromatic N) is 1. The van der Waals surface area contributed by atoms with Crippen LogP contribution in [0.1, 0.15) is 17.5 Å². The number of benzene rings is 1. The van der Waals surface area contributed by atoms with Gasteiger partial charge in [0, 0.05) is 13.1 Å². The maximum Gasteiger partial charge on any atom is 0.127 e. The number of hydrogen-bond acceptors (Lipinski definition) is 3. The molecule has 0 amide bonds. The minimum absolute atomic E-state index is 0. The largest absolute Gasteiger partial charge is 0.488 e. The van der Waals surface area contributed by atoms with E-state index in [2.05, 4.69) is 24.8 Å². The molecule has 2 atom stereocenters. The van der Waals surface area contributed by atoms with E-state index in [1.165, 1.54) is 11.1 Å². The lowest BCUT2D eigenvalue weighted by Gasteiger charge is -2.33. The van der Waals surface area contributed by atoms with Gasteiger partial charge in [-0.3, -0.25) is 0 Å². The zero-order valence-electron chi connectivity index (χ0n) is 11.2. The molecule has 0 spiro atoms. The summed E-state index contributed by atoms with van der Waals surface area (Å²) < 4.78 is 5.88. The average molecular weight is 272 g/mol. The summed E-state index contributed by atoms with van der Waals surface area (Å²) in [4.78, 5) is 2.13. The second-order valence-electron chi connectivity index (χ2n) is 5.02. The molecule has 0 unspecified atom stereocenters. The summed E-state index contributed by atoms with van der Waals surface area (Å²) in [6, 6.07) is 6.08. The van der Waals surface area contributed by atoms with Gasteiger partial charge in [0.2, 0.25) is 0 Å². The van der Waals surface area contributed by atoms with Crippen LogP contribution in [0.5, 0.6) is 5.75 Å². The molecule has 1 saturated heterocycles. The lowest BCUT2D eigenvalue weighted by Crippen LogP contribution is -2.47. The molecule has 3 nitrogen and oxygen atoms in total. The van der Waals surface area contributed by atoms with Crippen molar-refractivity contribution in [2.75, 3.05) is 20.1 Å². The zero-order chi connectivity index (χ0) is 12.4. The highest BCUT2D eigenvalue weighted by molar-refractivity contribution is 5.85. The Morgan fingerprint density at radius 3 is 2.61 bits per heavy atom. The molecule has 0 aliphatic carbocycles. The standard InChI is InChI=1S/C14H21NO2.ClH/c1-10-4-5-12(8-11(10)2)17-14-6-7-15(3)9-13(14)16;/h4-5,8,13-14,16H,6-7,9H2,1-3H3;1H/t13-,14-;/m1./s1. The number of piperidine rings is 1. The first-order chi connectivity index (χ1) is 8.06. The van der Waals surface area contributed by atoms with Gasteiger partial charge in [0.05, 0.1) is 0 Å². The lowest BCUT2D eigenvalue weighted by atomic mass is 10.1. The Balaban J connectivity index is 0.00000162. The second kappa shape index (κ2) is 6.41. The number of aliphatic hydroxyl groups is 1. The highest BCUT2D eigenvalue weighted by Gasteiger charge is 2.27. The molecule has 1 N–H and O–H groups in total. The molecule has 4 heteroatoms. The highest BCUT2D eigenvalue weighted by Crippen LogP contribution is 2.21. The molecular weight excluding hydrogens is 250 g/mol. The van der Waals surface area contributed by atoms with E-state index < -0.39 is 6.10 Å². The van der Waals surface area contributed by atoms with Gasteiger partial charge < -0.3 is 14.7 Å². The Hall–Kier alpha value is -0.770. The van der Waals surface area contributed by atoms with Crippen LogP contribution in [0.15, 0.2) is 18.2 Å². The number of aryl methyl sites for hydroxylation is 2. The van der Waals surface area contributed by atoms with E-state index in [0.29, 0.717) is 6.54 Å². The number of halogens is 1. The van der Waals surface area contributed by atoms with Crippen molar-refractivity contribution in [1.82, 2.24) is 4.90 Å². The minimum Gasteiger partial charge on any atom is -0.488 e. The predicted molar refractivity (Wildman–Crippen MR) is 75.7 cm³/mol. The van der Waals surface area contributed by atoms with E-state index in [0.717, 1.165) is 18.7 Å².